The molecule has 0 unspecified atom stereocenters. The molecule has 2 rings (SSSR count). The number of nitro benzene ring substituents is 1. The third kappa shape index (κ3) is 3.14. The summed E-state index contributed by atoms with van der Waals surface area (Å²) in [4.78, 5) is 9.85. The lowest BCUT2D eigenvalue weighted by molar-refractivity contribution is -0.384. The maximum Gasteiger partial charge on any atom is 0.289 e. The van der Waals surface area contributed by atoms with Crippen molar-refractivity contribution >= 4 is 33.1 Å². The van der Waals surface area contributed by atoms with Gasteiger partial charge in [0.15, 0.2) is 5.82 Å². The topological polar surface area (TPSA) is 115 Å². The smallest absolute Gasteiger partial charge is 0.289 e. The van der Waals surface area contributed by atoms with Crippen LogP contribution in [0.4, 0.5) is 11.5 Å². The molecule has 10 heteroatoms. The first-order valence-electron chi connectivity index (χ1n) is 5.61. The van der Waals surface area contributed by atoms with Gasteiger partial charge in [-0.15, -0.1) is 0 Å². The molecule has 8 nitrogen and oxygen atoms in total. The van der Waals surface area contributed by atoms with Gasteiger partial charge in [0.2, 0.25) is 0 Å². The second-order valence-electron chi connectivity index (χ2n) is 4.25. The third-order valence-corrected chi connectivity index (χ3v) is 4.40. The van der Waals surface area contributed by atoms with Crippen molar-refractivity contribution in [1.29, 1.82) is 0 Å². The number of aryl methyl sites for hydroxylation is 2. The zero-order chi connectivity index (χ0) is 15.8. The van der Waals surface area contributed by atoms with Gasteiger partial charge in [0, 0.05) is 12.1 Å². The summed E-state index contributed by atoms with van der Waals surface area (Å²) in [7, 11) is -4.04. The molecule has 0 saturated heterocycles. The Bertz CT molecular complexity index is 815. The zero-order valence-electron chi connectivity index (χ0n) is 11.0. The van der Waals surface area contributed by atoms with Crippen LogP contribution in [0.1, 0.15) is 11.3 Å². The van der Waals surface area contributed by atoms with Gasteiger partial charge >= 0.3 is 0 Å². The molecular formula is C11H10ClN3O5S. The minimum absolute atomic E-state index is 0.00972. The fraction of sp³-hybridized carbons (Fsp3) is 0.182. The number of aromatic nitrogens is 1. The van der Waals surface area contributed by atoms with Crippen LogP contribution in [-0.4, -0.2) is 18.5 Å². The standard InChI is InChI=1S/C11H10ClN3O5S/c1-6-3-8(12)9(15(16)17)5-10(6)21(18,19)14-11-4-7(2)20-13-11/h3-5H,1-2H3,(H,13,14). The maximum absolute atomic E-state index is 12.3. The van der Waals surface area contributed by atoms with E-state index in [9.17, 15) is 18.5 Å². The van der Waals surface area contributed by atoms with Crippen LogP contribution in [0.3, 0.4) is 0 Å². The number of nitro groups is 1. The van der Waals surface area contributed by atoms with Crippen LogP contribution in [-0.2, 0) is 10.0 Å². The van der Waals surface area contributed by atoms with E-state index >= 15 is 0 Å². The Morgan fingerprint density at radius 2 is 2.00 bits per heavy atom. The highest BCUT2D eigenvalue weighted by molar-refractivity contribution is 7.92. The van der Waals surface area contributed by atoms with Crippen molar-refractivity contribution in [2.45, 2.75) is 18.7 Å². The number of halogens is 1. The van der Waals surface area contributed by atoms with Crippen LogP contribution in [0.25, 0.3) is 0 Å². The monoisotopic (exact) mass is 331 g/mol. The Kier molecular flexibility index (Phi) is 3.88. The summed E-state index contributed by atoms with van der Waals surface area (Å²) in [5.41, 5.74) is -0.211. The number of anilines is 1. The molecule has 0 radical (unpaired) electrons. The lowest BCUT2D eigenvalue weighted by atomic mass is 10.2. The van der Waals surface area contributed by atoms with Gasteiger partial charge in [0.05, 0.1) is 9.82 Å². The summed E-state index contributed by atoms with van der Waals surface area (Å²) < 4.78 is 31.5. The predicted molar refractivity (Wildman–Crippen MR) is 74.9 cm³/mol. The summed E-state index contributed by atoms with van der Waals surface area (Å²) >= 11 is 5.73. The molecule has 0 spiro atoms. The van der Waals surface area contributed by atoms with Crippen LogP contribution in [0.15, 0.2) is 27.6 Å². The second kappa shape index (κ2) is 5.34. The van der Waals surface area contributed by atoms with Gasteiger partial charge in [0.1, 0.15) is 10.8 Å². The molecule has 0 amide bonds. The number of nitrogens with one attached hydrogen (secondary N) is 1. The predicted octanol–water partition coefficient (Wildman–Crippen LogP) is 2.65. The van der Waals surface area contributed by atoms with Crippen molar-refractivity contribution in [3.63, 3.8) is 0 Å². The van der Waals surface area contributed by atoms with E-state index < -0.39 is 20.6 Å². The third-order valence-electron chi connectivity index (χ3n) is 2.60. The average Bonchev–Trinajstić information content (AvgIpc) is 2.72. The van der Waals surface area contributed by atoms with Crippen LogP contribution in [0, 0.1) is 24.0 Å². The van der Waals surface area contributed by atoms with Gasteiger partial charge in [-0.25, -0.2) is 8.42 Å². The molecule has 21 heavy (non-hydrogen) atoms. The van der Waals surface area contributed by atoms with E-state index in [4.69, 9.17) is 16.1 Å². The van der Waals surface area contributed by atoms with Gasteiger partial charge in [-0.3, -0.25) is 14.8 Å². The fourth-order valence-electron chi connectivity index (χ4n) is 1.68. The molecule has 112 valence electrons. The fourth-order valence-corrected chi connectivity index (χ4v) is 3.20. The molecule has 1 aromatic carbocycles. The van der Waals surface area contributed by atoms with E-state index in [2.05, 4.69) is 9.88 Å². The normalized spacial score (nSPS) is 11.4. The van der Waals surface area contributed by atoms with Gasteiger partial charge < -0.3 is 4.52 Å². The number of hydrogen-bond donors (Lipinski definition) is 1. The minimum atomic E-state index is -4.04. The van der Waals surface area contributed by atoms with E-state index in [1.54, 1.807) is 6.92 Å². The average molecular weight is 332 g/mol. The van der Waals surface area contributed by atoms with E-state index in [1.807, 2.05) is 0 Å². The van der Waals surface area contributed by atoms with Gasteiger partial charge in [0.25, 0.3) is 15.7 Å². The minimum Gasteiger partial charge on any atom is -0.360 e. The van der Waals surface area contributed by atoms with E-state index in [1.165, 1.54) is 19.1 Å². The van der Waals surface area contributed by atoms with Crippen molar-refractivity contribution in [2.24, 2.45) is 0 Å². The maximum atomic E-state index is 12.3. The van der Waals surface area contributed by atoms with Crippen molar-refractivity contribution in [3.8, 4) is 0 Å². The van der Waals surface area contributed by atoms with Gasteiger partial charge in [-0.1, -0.05) is 16.8 Å². The van der Waals surface area contributed by atoms with Crippen LogP contribution >= 0.6 is 11.6 Å². The van der Waals surface area contributed by atoms with E-state index in [-0.39, 0.29) is 21.3 Å². The molecule has 1 N–H and O–H groups in total. The molecule has 1 aromatic heterocycles. The lowest BCUT2D eigenvalue weighted by Gasteiger charge is -2.08. The Morgan fingerprint density at radius 3 is 2.52 bits per heavy atom. The Hall–Kier alpha value is -2.13. The highest BCUT2D eigenvalue weighted by atomic mass is 35.5. The molecule has 0 aliphatic heterocycles. The Morgan fingerprint density at radius 1 is 1.33 bits per heavy atom. The number of sulfonamides is 1. The number of nitrogens with zero attached hydrogens (tertiary/aromatic N) is 2. The summed E-state index contributed by atoms with van der Waals surface area (Å²) in [6, 6.07) is 3.52. The first-order valence-corrected chi connectivity index (χ1v) is 7.47. The molecule has 0 fully saturated rings. The lowest BCUT2D eigenvalue weighted by Crippen LogP contribution is -2.15. The van der Waals surface area contributed by atoms with Crippen LogP contribution in [0.2, 0.25) is 5.02 Å². The number of benzene rings is 1. The van der Waals surface area contributed by atoms with Crippen LogP contribution < -0.4 is 4.72 Å². The molecule has 0 aliphatic rings. The van der Waals surface area contributed by atoms with E-state index in [0.717, 1.165) is 6.07 Å². The largest absolute Gasteiger partial charge is 0.360 e. The highest BCUT2D eigenvalue weighted by Crippen LogP contribution is 2.30. The molecule has 0 aliphatic carbocycles. The van der Waals surface area contributed by atoms with Crippen molar-refractivity contribution in [2.75, 3.05) is 4.72 Å². The first-order chi connectivity index (χ1) is 9.70. The van der Waals surface area contributed by atoms with E-state index in [0.29, 0.717) is 5.76 Å². The molecule has 1 heterocycles. The Balaban J connectivity index is 2.49. The first kappa shape index (κ1) is 15.3. The molecule has 0 saturated carbocycles. The summed E-state index contributed by atoms with van der Waals surface area (Å²) in [5.74, 6) is 0.413. The number of hydrogen-bond acceptors (Lipinski definition) is 6. The molecular weight excluding hydrogens is 322 g/mol. The quantitative estimate of drug-likeness (QED) is 0.680. The van der Waals surface area contributed by atoms with Crippen molar-refractivity contribution in [3.05, 3.63) is 44.7 Å². The van der Waals surface area contributed by atoms with Crippen molar-refractivity contribution in [1.82, 2.24) is 5.16 Å². The second-order valence-corrected chi connectivity index (χ2v) is 6.31. The number of rotatable bonds is 4. The molecule has 0 bridgehead atoms. The summed E-state index contributed by atoms with van der Waals surface area (Å²) in [5, 5.41) is 14.2. The molecule has 0 atom stereocenters. The van der Waals surface area contributed by atoms with Crippen molar-refractivity contribution < 1.29 is 17.9 Å². The Labute approximate surface area is 124 Å². The summed E-state index contributed by atoms with van der Waals surface area (Å²) in [6.45, 7) is 3.08. The van der Waals surface area contributed by atoms with Gasteiger partial charge in [-0.2, -0.15) is 0 Å². The van der Waals surface area contributed by atoms with Gasteiger partial charge in [-0.05, 0) is 25.5 Å². The zero-order valence-corrected chi connectivity index (χ0v) is 12.5. The SMILES string of the molecule is Cc1cc(NS(=O)(=O)c2cc([N+](=O)[O-])c(Cl)cc2C)no1. The van der Waals surface area contributed by atoms with Crippen LogP contribution in [0.5, 0.6) is 0 Å². The molecule has 2 aromatic rings. The summed E-state index contributed by atoms with van der Waals surface area (Å²) in [6.07, 6.45) is 0. The highest BCUT2D eigenvalue weighted by Gasteiger charge is 2.24.